The number of carbonyl (C=O) groups excluding carboxylic acids is 2. The highest BCUT2D eigenvalue weighted by atomic mass is 16.5. The predicted octanol–water partition coefficient (Wildman–Crippen LogP) is 1.58. The fraction of sp³-hybridized carbons (Fsp3) is 0.654. The van der Waals surface area contributed by atoms with Gasteiger partial charge in [0.15, 0.2) is 0 Å². The molecule has 4 aliphatic rings. The Hall–Kier alpha value is -2.29. The molecule has 0 aliphatic carbocycles. The number of nitrogens with zero attached hydrogens (tertiary/aromatic N) is 2. The van der Waals surface area contributed by atoms with Crippen LogP contribution in [0.15, 0.2) is 24.4 Å². The molecule has 1 aromatic rings. The normalized spacial score (nSPS) is 32.0. The Morgan fingerprint density at radius 2 is 2.21 bits per heavy atom. The number of amides is 2. The van der Waals surface area contributed by atoms with Gasteiger partial charge in [0.1, 0.15) is 5.69 Å². The van der Waals surface area contributed by atoms with E-state index in [9.17, 15) is 9.59 Å². The standard InChI is InChI=1S/C26H37N5O3/c1-2-18-12-23-24(30-25(18)32)11-17(13-27-23)15-31-8-5-19(6-9-31)20-3-4-22(28-14-20)26(33)29-21-7-10-34-16-21/h3-5,14,17-18,21,23-24,27H,2,6-13,15-16H2,1H3,(H,29,33)(H,30,32)/t17?,18?,21-,23?,24?/m0/s1. The number of carbonyl (C=O) groups is 2. The third-order valence-corrected chi connectivity index (χ3v) is 7.91. The Labute approximate surface area is 201 Å². The van der Waals surface area contributed by atoms with Crippen molar-refractivity contribution in [3.63, 3.8) is 0 Å². The number of hydrogen-bond donors (Lipinski definition) is 3. The summed E-state index contributed by atoms with van der Waals surface area (Å²) in [5, 5.41) is 9.97. The molecule has 184 valence electrons. The van der Waals surface area contributed by atoms with Crippen molar-refractivity contribution in [3.8, 4) is 0 Å². The Morgan fingerprint density at radius 1 is 1.29 bits per heavy atom. The smallest absolute Gasteiger partial charge is 0.270 e. The van der Waals surface area contributed by atoms with Crippen LogP contribution in [0.25, 0.3) is 5.57 Å². The van der Waals surface area contributed by atoms with E-state index in [1.54, 1.807) is 0 Å². The van der Waals surface area contributed by atoms with Crippen LogP contribution in [0.3, 0.4) is 0 Å². The Bertz CT molecular complexity index is 912. The van der Waals surface area contributed by atoms with Crippen molar-refractivity contribution in [1.29, 1.82) is 0 Å². The summed E-state index contributed by atoms with van der Waals surface area (Å²) in [4.78, 5) is 31.6. The molecule has 34 heavy (non-hydrogen) atoms. The predicted molar refractivity (Wildman–Crippen MR) is 130 cm³/mol. The molecule has 4 unspecified atom stereocenters. The van der Waals surface area contributed by atoms with E-state index in [-0.39, 0.29) is 29.8 Å². The SMILES string of the molecule is CCC1CC2NCC(CN3CC=C(c4ccc(C(=O)N[C@H]5CCOC5)nc4)CC3)CC2NC1=O. The third kappa shape index (κ3) is 5.34. The van der Waals surface area contributed by atoms with Crippen LogP contribution in [-0.2, 0) is 9.53 Å². The molecule has 0 spiro atoms. The second-order valence-electron chi connectivity index (χ2n) is 10.3. The van der Waals surface area contributed by atoms with Crippen LogP contribution < -0.4 is 16.0 Å². The van der Waals surface area contributed by atoms with Gasteiger partial charge in [0.25, 0.3) is 5.91 Å². The van der Waals surface area contributed by atoms with Gasteiger partial charge in [-0.25, -0.2) is 0 Å². The van der Waals surface area contributed by atoms with Crippen LogP contribution >= 0.6 is 0 Å². The molecule has 1 aromatic heterocycles. The van der Waals surface area contributed by atoms with Crippen molar-refractivity contribution in [2.45, 2.75) is 57.2 Å². The minimum atomic E-state index is -0.131. The van der Waals surface area contributed by atoms with Crippen molar-refractivity contribution in [1.82, 2.24) is 25.8 Å². The van der Waals surface area contributed by atoms with Gasteiger partial charge in [0.05, 0.1) is 12.6 Å². The summed E-state index contributed by atoms with van der Waals surface area (Å²) in [5.74, 6) is 0.824. The lowest BCUT2D eigenvalue weighted by Gasteiger charge is -2.44. The minimum Gasteiger partial charge on any atom is -0.379 e. The number of fused-ring (bicyclic) bond motifs is 1. The molecule has 0 radical (unpaired) electrons. The van der Waals surface area contributed by atoms with Crippen LogP contribution in [0.4, 0.5) is 0 Å². The Balaban J connectivity index is 1.10. The van der Waals surface area contributed by atoms with E-state index < -0.39 is 0 Å². The second-order valence-corrected chi connectivity index (χ2v) is 10.3. The molecule has 2 amide bonds. The zero-order valence-electron chi connectivity index (χ0n) is 20.1. The topological polar surface area (TPSA) is 95.6 Å². The highest BCUT2D eigenvalue weighted by Crippen LogP contribution is 2.28. The molecule has 0 bridgehead atoms. The molecule has 8 heteroatoms. The first-order chi connectivity index (χ1) is 16.6. The zero-order chi connectivity index (χ0) is 23.5. The number of nitrogens with one attached hydrogen (secondary N) is 3. The largest absolute Gasteiger partial charge is 0.379 e. The number of aromatic nitrogens is 1. The summed E-state index contributed by atoms with van der Waals surface area (Å²) in [6.07, 6.45) is 8.91. The van der Waals surface area contributed by atoms with Crippen molar-refractivity contribution in [3.05, 3.63) is 35.7 Å². The molecule has 5 atom stereocenters. The monoisotopic (exact) mass is 467 g/mol. The summed E-state index contributed by atoms with van der Waals surface area (Å²) < 4.78 is 5.32. The maximum absolute atomic E-state index is 12.4. The van der Waals surface area contributed by atoms with Gasteiger partial charge in [-0.2, -0.15) is 0 Å². The van der Waals surface area contributed by atoms with E-state index in [2.05, 4.69) is 38.8 Å². The number of pyridine rings is 1. The first-order valence-corrected chi connectivity index (χ1v) is 12.9. The first-order valence-electron chi connectivity index (χ1n) is 12.9. The van der Waals surface area contributed by atoms with Gasteiger partial charge >= 0.3 is 0 Å². The third-order valence-electron chi connectivity index (χ3n) is 7.91. The molecule has 5 heterocycles. The minimum absolute atomic E-state index is 0.0916. The number of rotatable bonds is 6. The second kappa shape index (κ2) is 10.5. The summed E-state index contributed by atoms with van der Waals surface area (Å²) in [7, 11) is 0. The molecule has 3 saturated heterocycles. The average Bonchev–Trinajstić information content (AvgIpc) is 3.37. The van der Waals surface area contributed by atoms with E-state index >= 15 is 0 Å². The molecule has 0 saturated carbocycles. The van der Waals surface area contributed by atoms with E-state index in [1.165, 1.54) is 5.57 Å². The lowest BCUT2D eigenvalue weighted by molar-refractivity contribution is -0.129. The van der Waals surface area contributed by atoms with Crippen LogP contribution in [-0.4, -0.2) is 79.2 Å². The highest BCUT2D eigenvalue weighted by Gasteiger charge is 2.38. The maximum Gasteiger partial charge on any atom is 0.270 e. The van der Waals surface area contributed by atoms with Gasteiger partial charge in [0, 0.05) is 50.4 Å². The number of piperidine rings is 2. The molecule has 3 N–H and O–H groups in total. The molecule has 5 rings (SSSR count). The van der Waals surface area contributed by atoms with E-state index in [0.29, 0.717) is 30.9 Å². The van der Waals surface area contributed by atoms with E-state index in [1.807, 2.05) is 18.3 Å². The van der Waals surface area contributed by atoms with Gasteiger partial charge < -0.3 is 20.7 Å². The van der Waals surface area contributed by atoms with Crippen LogP contribution in [0.2, 0.25) is 0 Å². The molecule has 3 fully saturated rings. The van der Waals surface area contributed by atoms with Gasteiger partial charge in [-0.3, -0.25) is 19.5 Å². The maximum atomic E-state index is 12.4. The van der Waals surface area contributed by atoms with Gasteiger partial charge in [-0.15, -0.1) is 0 Å². The van der Waals surface area contributed by atoms with Crippen molar-refractivity contribution in [2.24, 2.45) is 11.8 Å². The molecular formula is C26H37N5O3. The fourth-order valence-corrected chi connectivity index (χ4v) is 5.81. The van der Waals surface area contributed by atoms with Gasteiger partial charge in [-0.1, -0.05) is 19.1 Å². The molecule has 0 aromatic carbocycles. The number of ether oxygens (including phenoxy) is 1. The number of hydrogen-bond acceptors (Lipinski definition) is 6. The highest BCUT2D eigenvalue weighted by molar-refractivity contribution is 5.92. The van der Waals surface area contributed by atoms with Crippen LogP contribution in [0, 0.1) is 11.8 Å². The van der Waals surface area contributed by atoms with E-state index in [0.717, 1.165) is 63.8 Å². The van der Waals surface area contributed by atoms with Crippen molar-refractivity contribution < 1.29 is 14.3 Å². The molecule has 4 aliphatic heterocycles. The van der Waals surface area contributed by atoms with Crippen molar-refractivity contribution in [2.75, 3.05) is 39.4 Å². The fourth-order valence-electron chi connectivity index (χ4n) is 5.81. The Kier molecular flexibility index (Phi) is 7.27. The Morgan fingerprint density at radius 3 is 2.91 bits per heavy atom. The average molecular weight is 468 g/mol. The van der Waals surface area contributed by atoms with Gasteiger partial charge in [0.2, 0.25) is 5.91 Å². The summed E-state index contributed by atoms with van der Waals surface area (Å²) >= 11 is 0. The summed E-state index contributed by atoms with van der Waals surface area (Å²) in [6, 6.07) is 4.62. The zero-order valence-corrected chi connectivity index (χ0v) is 20.1. The molecule has 8 nitrogen and oxygen atoms in total. The summed E-state index contributed by atoms with van der Waals surface area (Å²) in [5.41, 5.74) is 2.85. The quantitative estimate of drug-likeness (QED) is 0.588. The molecular weight excluding hydrogens is 430 g/mol. The lowest BCUT2D eigenvalue weighted by Crippen LogP contribution is -2.62. The summed E-state index contributed by atoms with van der Waals surface area (Å²) in [6.45, 7) is 7.41. The van der Waals surface area contributed by atoms with E-state index in [4.69, 9.17) is 4.74 Å². The first kappa shape index (κ1) is 23.5. The van der Waals surface area contributed by atoms with Crippen LogP contribution in [0.5, 0.6) is 0 Å². The van der Waals surface area contributed by atoms with Crippen LogP contribution in [0.1, 0.15) is 55.1 Å². The van der Waals surface area contributed by atoms with Gasteiger partial charge in [-0.05, 0) is 61.8 Å². The van der Waals surface area contributed by atoms with Crippen molar-refractivity contribution >= 4 is 17.4 Å². The lowest BCUT2D eigenvalue weighted by atomic mass is 9.80.